The average molecular weight is 316 g/mol. The Hall–Kier alpha value is -0.900. The van der Waals surface area contributed by atoms with Crippen LogP contribution in [0.15, 0.2) is 22.7 Å². The van der Waals surface area contributed by atoms with E-state index in [1.165, 1.54) is 12.1 Å². The molecule has 1 rings (SSSR count). The highest BCUT2D eigenvalue weighted by molar-refractivity contribution is 9.10. The monoisotopic (exact) mass is 315 g/mol. The molecule has 0 heterocycles. The van der Waals surface area contributed by atoms with Gasteiger partial charge in [-0.25, -0.2) is 4.39 Å². The molecule has 18 heavy (non-hydrogen) atoms. The maximum Gasteiger partial charge on any atom is 0.252 e. The van der Waals surface area contributed by atoms with Crippen LogP contribution >= 0.6 is 15.9 Å². The van der Waals surface area contributed by atoms with E-state index < -0.39 is 5.82 Å². The van der Waals surface area contributed by atoms with Crippen LogP contribution in [0, 0.1) is 17.2 Å². The largest absolute Gasteiger partial charge is 0.352 e. The third-order valence-corrected chi connectivity index (χ3v) is 4.05. The van der Waals surface area contributed by atoms with Crippen molar-refractivity contribution >= 4 is 21.8 Å². The molecule has 1 aromatic rings. The number of rotatable bonds is 3. The van der Waals surface area contributed by atoms with Gasteiger partial charge in [-0.05, 0) is 39.4 Å². The Bertz CT molecular complexity index is 440. The Balaban J connectivity index is 2.70. The van der Waals surface area contributed by atoms with Crippen LogP contribution in [0.5, 0.6) is 0 Å². The van der Waals surface area contributed by atoms with Crippen LogP contribution in [0.3, 0.4) is 0 Å². The van der Waals surface area contributed by atoms with E-state index in [0.717, 1.165) is 0 Å². The number of carbonyl (C=O) groups excluding carboxylic acids is 1. The molecule has 1 N–H and O–H groups in total. The van der Waals surface area contributed by atoms with Crippen molar-refractivity contribution in [2.45, 2.75) is 27.7 Å². The number of halogens is 2. The molecule has 0 radical (unpaired) electrons. The van der Waals surface area contributed by atoms with Crippen LogP contribution in [0.25, 0.3) is 0 Å². The van der Waals surface area contributed by atoms with E-state index in [1.54, 1.807) is 6.07 Å². The van der Waals surface area contributed by atoms with Crippen LogP contribution in [0.1, 0.15) is 38.1 Å². The van der Waals surface area contributed by atoms with E-state index in [4.69, 9.17) is 0 Å². The zero-order valence-corrected chi connectivity index (χ0v) is 12.8. The van der Waals surface area contributed by atoms with E-state index in [2.05, 4.69) is 48.9 Å². The summed E-state index contributed by atoms with van der Waals surface area (Å²) in [6, 6.07) is 4.45. The Morgan fingerprint density at radius 2 is 2.06 bits per heavy atom. The molecule has 1 amide bonds. The molecule has 1 atom stereocenters. The molecule has 0 saturated carbocycles. The Kier molecular flexibility index (Phi) is 4.91. The molecule has 0 saturated heterocycles. The van der Waals surface area contributed by atoms with Crippen molar-refractivity contribution in [1.82, 2.24) is 5.32 Å². The van der Waals surface area contributed by atoms with Gasteiger partial charge < -0.3 is 5.32 Å². The summed E-state index contributed by atoms with van der Waals surface area (Å²) in [5, 5.41) is 2.84. The summed E-state index contributed by atoms with van der Waals surface area (Å²) in [4.78, 5) is 11.9. The first kappa shape index (κ1) is 15.2. The second-order valence-electron chi connectivity index (χ2n) is 5.58. The van der Waals surface area contributed by atoms with Gasteiger partial charge in [-0.15, -0.1) is 0 Å². The minimum Gasteiger partial charge on any atom is -0.352 e. The van der Waals surface area contributed by atoms with Gasteiger partial charge in [0.25, 0.3) is 5.91 Å². The molecular weight excluding hydrogens is 297 g/mol. The van der Waals surface area contributed by atoms with Crippen LogP contribution < -0.4 is 5.32 Å². The molecule has 0 aliphatic carbocycles. The first-order chi connectivity index (χ1) is 8.23. The molecule has 2 nitrogen and oxygen atoms in total. The van der Waals surface area contributed by atoms with Crippen LogP contribution in [0.4, 0.5) is 4.39 Å². The van der Waals surface area contributed by atoms with Gasteiger partial charge in [-0.1, -0.05) is 33.8 Å². The maximum atomic E-state index is 13.3. The molecule has 4 heteroatoms. The second kappa shape index (κ2) is 5.83. The molecule has 1 aromatic carbocycles. The zero-order chi connectivity index (χ0) is 13.9. The molecular formula is C14H19BrFNO. The summed E-state index contributed by atoms with van der Waals surface area (Å²) in [6.07, 6.45) is 0. The van der Waals surface area contributed by atoms with Crippen molar-refractivity contribution in [1.29, 1.82) is 0 Å². The van der Waals surface area contributed by atoms with E-state index in [1.807, 2.05) is 0 Å². The van der Waals surface area contributed by atoms with Gasteiger partial charge in [-0.2, -0.15) is 0 Å². The molecule has 100 valence electrons. The lowest BCUT2D eigenvalue weighted by Gasteiger charge is -2.27. The van der Waals surface area contributed by atoms with Gasteiger partial charge in [0.15, 0.2) is 0 Å². The average Bonchev–Trinajstić information content (AvgIpc) is 2.27. The standard InChI is InChI=1S/C14H19BrFNO/c1-9(14(2,3)4)8-17-13(18)10-6-5-7-11(16)12(10)15/h5-7,9H,8H2,1-4H3,(H,17,18). The second-order valence-corrected chi connectivity index (χ2v) is 6.37. The summed E-state index contributed by atoms with van der Waals surface area (Å²) >= 11 is 3.09. The highest BCUT2D eigenvalue weighted by atomic mass is 79.9. The van der Waals surface area contributed by atoms with Crippen LogP contribution in [-0.2, 0) is 0 Å². The first-order valence-electron chi connectivity index (χ1n) is 5.95. The summed E-state index contributed by atoms with van der Waals surface area (Å²) in [5.41, 5.74) is 0.461. The third kappa shape index (κ3) is 3.80. The van der Waals surface area contributed by atoms with E-state index >= 15 is 0 Å². The first-order valence-corrected chi connectivity index (χ1v) is 6.75. The normalized spacial score (nSPS) is 13.2. The lowest BCUT2D eigenvalue weighted by atomic mass is 9.82. The lowest BCUT2D eigenvalue weighted by Crippen LogP contribution is -2.33. The van der Waals surface area contributed by atoms with Crippen LogP contribution in [-0.4, -0.2) is 12.5 Å². The molecule has 0 aliphatic rings. The smallest absolute Gasteiger partial charge is 0.252 e. The van der Waals surface area contributed by atoms with Gasteiger partial charge in [0.2, 0.25) is 0 Å². The van der Waals surface area contributed by atoms with Crippen molar-refractivity contribution in [2.24, 2.45) is 11.3 Å². The number of carbonyl (C=O) groups is 1. The number of hydrogen-bond donors (Lipinski definition) is 1. The van der Waals surface area contributed by atoms with Gasteiger partial charge in [0.05, 0.1) is 10.0 Å². The molecule has 0 spiro atoms. The van der Waals surface area contributed by atoms with Gasteiger partial charge in [-0.3, -0.25) is 4.79 Å². The summed E-state index contributed by atoms with van der Waals surface area (Å²) < 4.78 is 13.5. The van der Waals surface area contributed by atoms with E-state index in [0.29, 0.717) is 18.0 Å². The number of benzene rings is 1. The van der Waals surface area contributed by atoms with Crippen molar-refractivity contribution < 1.29 is 9.18 Å². The van der Waals surface area contributed by atoms with E-state index in [-0.39, 0.29) is 15.8 Å². The van der Waals surface area contributed by atoms with Crippen LogP contribution in [0.2, 0.25) is 0 Å². The molecule has 0 bridgehead atoms. The van der Waals surface area contributed by atoms with Crippen molar-refractivity contribution in [3.63, 3.8) is 0 Å². The highest BCUT2D eigenvalue weighted by Gasteiger charge is 2.21. The summed E-state index contributed by atoms with van der Waals surface area (Å²) in [5.74, 6) is -0.335. The molecule has 0 fully saturated rings. The third-order valence-electron chi connectivity index (χ3n) is 3.24. The lowest BCUT2D eigenvalue weighted by molar-refractivity contribution is 0.0935. The fourth-order valence-electron chi connectivity index (χ4n) is 1.33. The summed E-state index contributed by atoms with van der Waals surface area (Å²) in [6.45, 7) is 9.04. The van der Waals surface area contributed by atoms with Gasteiger partial charge in [0, 0.05) is 6.54 Å². The van der Waals surface area contributed by atoms with Crippen molar-refractivity contribution in [3.8, 4) is 0 Å². The zero-order valence-electron chi connectivity index (χ0n) is 11.2. The minimum absolute atomic E-state index is 0.131. The maximum absolute atomic E-state index is 13.3. The SMILES string of the molecule is CC(CNC(=O)c1cccc(F)c1Br)C(C)(C)C. The highest BCUT2D eigenvalue weighted by Crippen LogP contribution is 2.25. The Morgan fingerprint density at radius 1 is 1.44 bits per heavy atom. The number of nitrogens with one attached hydrogen (secondary N) is 1. The van der Waals surface area contributed by atoms with Gasteiger partial charge in [0.1, 0.15) is 5.82 Å². The number of amides is 1. The fraction of sp³-hybridized carbons (Fsp3) is 0.500. The topological polar surface area (TPSA) is 29.1 Å². The quantitative estimate of drug-likeness (QED) is 0.897. The van der Waals surface area contributed by atoms with Crippen molar-refractivity contribution in [3.05, 3.63) is 34.1 Å². The number of hydrogen-bond acceptors (Lipinski definition) is 1. The van der Waals surface area contributed by atoms with Crippen molar-refractivity contribution in [2.75, 3.05) is 6.54 Å². The Labute approximate surface area is 116 Å². The Morgan fingerprint density at radius 3 is 2.61 bits per heavy atom. The molecule has 1 unspecified atom stereocenters. The molecule has 0 aromatic heterocycles. The summed E-state index contributed by atoms with van der Waals surface area (Å²) in [7, 11) is 0. The predicted octanol–water partition coefficient (Wildman–Crippen LogP) is 4.00. The molecule has 0 aliphatic heterocycles. The van der Waals surface area contributed by atoms with E-state index in [9.17, 15) is 9.18 Å². The predicted molar refractivity (Wildman–Crippen MR) is 75.1 cm³/mol. The minimum atomic E-state index is -0.425. The fourth-order valence-corrected chi connectivity index (χ4v) is 1.77. The van der Waals surface area contributed by atoms with Gasteiger partial charge >= 0.3 is 0 Å².